The maximum Gasteiger partial charge on any atom is 0.408 e. The quantitative estimate of drug-likeness (QED) is 0.152. The fraction of sp³-hybridized carbons (Fsp3) is 0.245. The number of fused-ring (bicyclic) bond motifs is 2. The summed E-state index contributed by atoms with van der Waals surface area (Å²) in [7, 11) is 0. The molecule has 4 heterocycles. The van der Waals surface area contributed by atoms with Crippen LogP contribution in [0.15, 0.2) is 146 Å². The Kier molecular flexibility index (Phi) is 12.6. The van der Waals surface area contributed by atoms with E-state index in [-0.39, 0.29) is 11.8 Å². The van der Waals surface area contributed by atoms with Crippen molar-refractivity contribution in [3.63, 3.8) is 0 Å². The number of aromatic nitrogens is 2. The van der Waals surface area contributed by atoms with E-state index >= 15 is 0 Å². The summed E-state index contributed by atoms with van der Waals surface area (Å²) in [5, 5.41) is 2.82. The summed E-state index contributed by atoms with van der Waals surface area (Å²) in [6.07, 6.45) is 9.06. The van der Waals surface area contributed by atoms with Gasteiger partial charge in [0.25, 0.3) is 0 Å². The third-order valence-corrected chi connectivity index (χ3v) is 10.4. The van der Waals surface area contributed by atoms with Crippen molar-refractivity contribution in [1.29, 1.82) is 0 Å². The number of benzene rings is 4. The lowest BCUT2D eigenvalue weighted by molar-refractivity contribution is -0.121. The predicted octanol–water partition coefficient (Wildman–Crippen LogP) is 7.98. The van der Waals surface area contributed by atoms with E-state index in [4.69, 9.17) is 10.5 Å². The number of carbonyl (C=O) groups is 3. The lowest BCUT2D eigenvalue weighted by Gasteiger charge is -2.27. The van der Waals surface area contributed by atoms with Gasteiger partial charge in [0.2, 0.25) is 11.8 Å². The fourth-order valence-electron chi connectivity index (χ4n) is 7.51. The summed E-state index contributed by atoms with van der Waals surface area (Å²) in [5.41, 5.74) is 16.1. The first-order valence-corrected chi connectivity index (χ1v) is 20.0. The second kappa shape index (κ2) is 18.3. The molecule has 0 saturated heterocycles. The number of ether oxygens (including phenoxy) is 1. The number of hydrogen-bond donors (Lipinski definition) is 2. The zero-order chi connectivity index (χ0) is 41.4. The number of pyridine rings is 2. The first-order valence-electron chi connectivity index (χ1n) is 20.0. The van der Waals surface area contributed by atoms with Crippen molar-refractivity contribution in [2.45, 2.75) is 64.1 Å². The van der Waals surface area contributed by atoms with Crippen molar-refractivity contribution < 1.29 is 19.1 Å². The fourth-order valence-corrected chi connectivity index (χ4v) is 7.51. The van der Waals surface area contributed by atoms with E-state index in [1.54, 1.807) is 50.5 Å². The summed E-state index contributed by atoms with van der Waals surface area (Å²) in [6, 6.07) is 38.7. The highest BCUT2D eigenvalue weighted by Gasteiger charge is 2.33. The molecule has 2 aliphatic heterocycles. The van der Waals surface area contributed by atoms with Crippen LogP contribution in [0.2, 0.25) is 0 Å². The molecule has 2 aromatic heterocycles. The average molecular weight is 787 g/mol. The highest BCUT2D eigenvalue weighted by Crippen LogP contribution is 2.35. The van der Waals surface area contributed by atoms with Gasteiger partial charge in [0.05, 0.1) is 6.04 Å². The van der Waals surface area contributed by atoms with Crippen molar-refractivity contribution in [1.82, 2.24) is 15.3 Å². The van der Waals surface area contributed by atoms with Crippen molar-refractivity contribution in [3.8, 4) is 22.3 Å². The summed E-state index contributed by atoms with van der Waals surface area (Å²) in [6.45, 7) is 6.68. The molecule has 0 unspecified atom stereocenters. The second-order valence-corrected chi connectivity index (χ2v) is 15.8. The van der Waals surface area contributed by atoms with E-state index in [2.05, 4.69) is 45.6 Å². The van der Waals surface area contributed by atoms with Gasteiger partial charge in [0.1, 0.15) is 11.6 Å². The van der Waals surface area contributed by atoms with Crippen molar-refractivity contribution >= 4 is 29.3 Å². The topological polar surface area (TPSA) is 131 Å². The first kappa shape index (κ1) is 40.5. The molecule has 0 fully saturated rings. The Bertz CT molecular complexity index is 2370. The summed E-state index contributed by atoms with van der Waals surface area (Å²) < 4.78 is 5.44. The van der Waals surface area contributed by atoms with Gasteiger partial charge in [0.15, 0.2) is 0 Å². The predicted molar refractivity (Wildman–Crippen MR) is 233 cm³/mol. The minimum Gasteiger partial charge on any atom is -0.444 e. The van der Waals surface area contributed by atoms with Crippen LogP contribution >= 0.6 is 0 Å². The third kappa shape index (κ3) is 10.3. The van der Waals surface area contributed by atoms with Gasteiger partial charge in [-0.3, -0.25) is 19.6 Å². The van der Waals surface area contributed by atoms with Crippen LogP contribution in [-0.2, 0) is 40.0 Å². The summed E-state index contributed by atoms with van der Waals surface area (Å²) >= 11 is 0. The van der Waals surface area contributed by atoms with Gasteiger partial charge >= 0.3 is 6.09 Å². The average Bonchev–Trinajstić information content (AvgIpc) is 3.88. The Morgan fingerprint density at radius 3 is 1.56 bits per heavy atom. The van der Waals surface area contributed by atoms with Gasteiger partial charge in [-0.15, -0.1) is 0 Å². The Labute approximate surface area is 346 Å². The maximum atomic E-state index is 13.7. The zero-order valence-electron chi connectivity index (χ0n) is 33.8. The van der Waals surface area contributed by atoms with E-state index in [1.165, 1.54) is 5.56 Å². The Morgan fingerprint density at radius 2 is 1.08 bits per heavy atom. The smallest absolute Gasteiger partial charge is 0.408 e. The molecule has 300 valence electrons. The van der Waals surface area contributed by atoms with Gasteiger partial charge < -0.3 is 25.6 Å². The van der Waals surface area contributed by atoms with E-state index < -0.39 is 23.8 Å². The number of nitrogens with zero attached hydrogens (tertiary/aromatic N) is 4. The molecule has 0 spiro atoms. The van der Waals surface area contributed by atoms with Crippen LogP contribution in [0.5, 0.6) is 0 Å². The molecule has 8 rings (SSSR count). The molecule has 0 bridgehead atoms. The molecule has 10 heteroatoms. The van der Waals surface area contributed by atoms with Crippen LogP contribution in [0.25, 0.3) is 22.3 Å². The lowest BCUT2D eigenvalue weighted by Crippen LogP contribution is -2.50. The molecule has 0 saturated carbocycles. The number of anilines is 2. The molecule has 4 aromatic carbocycles. The molecule has 59 heavy (non-hydrogen) atoms. The van der Waals surface area contributed by atoms with E-state index in [9.17, 15) is 14.4 Å². The summed E-state index contributed by atoms with van der Waals surface area (Å²) in [5.74, 6) is -0.158. The molecule has 2 atom stereocenters. The van der Waals surface area contributed by atoms with Gasteiger partial charge in [-0.05, 0) is 121 Å². The largest absolute Gasteiger partial charge is 0.444 e. The van der Waals surface area contributed by atoms with E-state index in [0.717, 1.165) is 63.2 Å². The monoisotopic (exact) mass is 786 g/mol. The molecule has 10 nitrogen and oxygen atoms in total. The number of carbonyl (C=O) groups excluding carboxylic acids is 3. The van der Waals surface area contributed by atoms with Gasteiger partial charge in [-0.25, -0.2) is 4.79 Å². The standard InChI is InChI=1S/C27H29N3O3.C22H21N3O/c1-27(2,3)33-26(32)29-23(17-19-7-5-4-6-8-19)25(31)30-16-13-21-9-10-22(18-24(21)30)20-11-14-28-15-12-20;23-20(14-16-4-2-1-3-5-16)22(26)25-13-10-18-6-7-19(15-21(18)25)17-8-11-24-12-9-17/h4-12,14-15,18,23H,13,16-17H2,1-3H3,(H,29,32);1-9,11-12,15,20H,10,13-14,23H2/t23-;20-/m00/s1. The zero-order valence-corrected chi connectivity index (χ0v) is 33.8. The molecule has 3 N–H and O–H groups in total. The molecule has 6 aromatic rings. The van der Waals surface area contributed by atoms with Crippen LogP contribution < -0.4 is 20.9 Å². The highest BCUT2D eigenvalue weighted by molar-refractivity contribution is 6.01. The van der Waals surface area contributed by atoms with Crippen molar-refractivity contribution in [2.75, 3.05) is 22.9 Å². The summed E-state index contributed by atoms with van der Waals surface area (Å²) in [4.78, 5) is 51.0. The Hall–Kier alpha value is -6.65. The number of nitrogens with one attached hydrogen (secondary N) is 1. The minimum absolute atomic E-state index is 0.0144. The number of amides is 3. The highest BCUT2D eigenvalue weighted by atomic mass is 16.6. The van der Waals surface area contributed by atoms with Gasteiger partial charge in [-0.2, -0.15) is 0 Å². The Morgan fingerprint density at radius 1 is 0.627 bits per heavy atom. The number of alkyl carbamates (subject to hydrolysis) is 1. The normalized spacial score (nSPS) is 14.0. The molecule has 2 aliphatic rings. The van der Waals surface area contributed by atoms with E-state index in [0.29, 0.717) is 25.9 Å². The third-order valence-electron chi connectivity index (χ3n) is 10.4. The van der Waals surface area contributed by atoms with Crippen LogP contribution in [0, 0.1) is 0 Å². The number of rotatable bonds is 9. The molecular formula is C49H50N6O4. The molecule has 3 amide bonds. The second-order valence-electron chi connectivity index (χ2n) is 15.8. The van der Waals surface area contributed by atoms with Crippen LogP contribution in [0.1, 0.15) is 43.0 Å². The molecular weight excluding hydrogens is 737 g/mol. The van der Waals surface area contributed by atoms with Crippen molar-refractivity contribution in [2.24, 2.45) is 5.73 Å². The SMILES string of the molecule is CC(C)(C)OC(=O)N[C@@H](Cc1ccccc1)C(=O)N1CCc2ccc(-c3ccncc3)cc21.N[C@@H](Cc1ccccc1)C(=O)N1CCc2ccc(-c3ccncc3)cc21. The van der Waals surface area contributed by atoms with Crippen molar-refractivity contribution in [3.05, 3.63) is 168 Å². The van der Waals surface area contributed by atoms with E-state index in [1.807, 2.05) is 95.9 Å². The minimum atomic E-state index is -0.738. The number of hydrogen-bond acceptors (Lipinski definition) is 7. The molecule has 0 aliphatic carbocycles. The van der Waals surface area contributed by atoms with Gasteiger partial charge in [-0.1, -0.05) is 84.9 Å². The van der Waals surface area contributed by atoms with Crippen LogP contribution in [0.3, 0.4) is 0 Å². The van der Waals surface area contributed by atoms with Crippen LogP contribution in [-0.4, -0.2) is 58.6 Å². The Balaban J connectivity index is 0.000000184. The van der Waals surface area contributed by atoms with Gasteiger partial charge in [0, 0.05) is 55.7 Å². The maximum absolute atomic E-state index is 13.7. The number of nitrogens with two attached hydrogens (primary N) is 1. The lowest BCUT2D eigenvalue weighted by atomic mass is 10.0. The molecule has 0 radical (unpaired) electrons. The first-order chi connectivity index (χ1) is 28.5. The van der Waals surface area contributed by atoms with Crippen LogP contribution in [0.4, 0.5) is 16.2 Å².